The van der Waals surface area contributed by atoms with Crippen LogP contribution in [0.4, 0.5) is 27.2 Å². The summed E-state index contributed by atoms with van der Waals surface area (Å²) in [5, 5.41) is 26.9. The van der Waals surface area contributed by atoms with Crippen LogP contribution in [0.1, 0.15) is 66.5 Å². The molecule has 0 saturated carbocycles. The van der Waals surface area contributed by atoms with Crippen LogP contribution >= 0.6 is 15.0 Å². The summed E-state index contributed by atoms with van der Waals surface area (Å²) in [5.41, 5.74) is -0.249. The fraction of sp³-hybridized carbons (Fsp3) is 0.732. The van der Waals surface area contributed by atoms with Crippen LogP contribution in [0.3, 0.4) is 0 Å². The van der Waals surface area contributed by atoms with Gasteiger partial charge in [-0.3, -0.25) is 28.0 Å². The van der Waals surface area contributed by atoms with Gasteiger partial charge in [0.2, 0.25) is 5.91 Å². The Kier molecular flexibility index (Phi) is 24.2. The lowest BCUT2D eigenvalue weighted by atomic mass is 9.96. The largest absolute Gasteiger partial charge is 0.695 e. The van der Waals surface area contributed by atoms with Gasteiger partial charge in [-0.1, -0.05) is 60.1 Å². The van der Waals surface area contributed by atoms with Crippen LogP contribution in [0.15, 0.2) is 50.6 Å². The topological polar surface area (TPSA) is 329 Å². The van der Waals surface area contributed by atoms with Crippen molar-refractivity contribution in [3.05, 3.63) is 45.9 Å². The minimum Gasteiger partial charge on any atom is -0.450 e. The summed E-state index contributed by atoms with van der Waals surface area (Å²) in [6.45, 7) is 18.5. The Bertz CT molecular complexity index is 3420. The molecule has 2 aromatic rings. The number of likely N-dealkylation sites (tertiary alicyclic amines) is 1. The van der Waals surface area contributed by atoms with Crippen molar-refractivity contribution in [3.8, 4) is 0 Å². The van der Waals surface area contributed by atoms with Gasteiger partial charge in [-0.05, 0) is 92.7 Å². The summed E-state index contributed by atoms with van der Waals surface area (Å²) in [4.78, 5) is 84.7. The summed E-state index contributed by atoms with van der Waals surface area (Å²) in [5.74, 6) is -2.69. The van der Waals surface area contributed by atoms with Gasteiger partial charge in [0.05, 0.1) is 70.3 Å². The van der Waals surface area contributed by atoms with Crippen molar-refractivity contribution in [2.45, 2.75) is 203 Å². The molecule has 39 heteroatoms. The van der Waals surface area contributed by atoms with Crippen molar-refractivity contribution in [3.63, 3.8) is 0 Å². The first-order chi connectivity index (χ1) is 44.2. The number of hydrogen-bond acceptors (Lipinski definition) is 23. The number of hydrazone groups is 2. The first-order valence-electron chi connectivity index (χ1n) is 31.2. The number of fused-ring (bicyclic) bond motifs is 1. The Balaban J connectivity index is 1.08. The SMILES string of the molecule is CC(C)(O[P@@](=S)(OC[C@H]1O[C@@H](N2C=C3CCC4=C3C(=N2)C=NN(C(=O)OCC[Si](C)(C)C)C4)[C@H](F)[C@@H]1O[P+](=O)O)O[C@@H]1[C@H](O[Si](C)(C)C(C)(C)C)[C@@H](CO)O[C@H]1n1cnc2c(=O)n(CCOCNC(=O)CNC(=O)OCC[Si](C)(C)C)cnc21)[C@H]1CCCN1C(=O)C(F)(F)F. The van der Waals surface area contributed by atoms with E-state index in [9.17, 15) is 51.7 Å². The molecule has 3 saturated heterocycles. The summed E-state index contributed by atoms with van der Waals surface area (Å²) in [6.07, 6.45) is -13.3. The molecule has 0 aromatic carbocycles. The Hall–Kier alpha value is -4.83. The van der Waals surface area contributed by atoms with Gasteiger partial charge in [0.1, 0.15) is 49.7 Å². The molecule has 95 heavy (non-hydrogen) atoms. The van der Waals surface area contributed by atoms with Crippen molar-refractivity contribution in [1.29, 1.82) is 0 Å². The molecule has 1 unspecified atom stereocenters. The van der Waals surface area contributed by atoms with Crippen LogP contribution in [0.5, 0.6) is 0 Å². The smallest absolute Gasteiger partial charge is 0.450 e. The predicted molar refractivity (Wildman–Crippen MR) is 349 cm³/mol. The Morgan fingerprint density at radius 2 is 1.58 bits per heavy atom. The van der Waals surface area contributed by atoms with Gasteiger partial charge in [-0.15, -0.1) is 9.42 Å². The number of nitrogens with zero attached hydrogens (tertiary/aromatic N) is 9. The number of nitrogens with one attached hydrogen (secondary N) is 2. The number of halogens is 4. The first-order valence-corrected chi connectivity index (χ1v) is 45.2. The molecule has 530 valence electrons. The zero-order valence-corrected chi connectivity index (χ0v) is 61.2. The number of imidazole rings is 1. The Labute approximate surface area is 556 Å². The number of alkyl carbamates (subject to hydrolysis) is 1. The lowest BCUT2D eigenvalue weighted by Crippen LogP contribution is -2.53. The maximum absolute atomic E-state index is 17.3. The standard InChI is InChI=1S/C56H87F4N11O18P2SSi3/c1-54(2,3)95(12,13)88-45-37(29-72)84-50(69-32-62-43-47(69)63-31-67(48(43)74)19-20-80-33-64-40(73)26-61-52(76)81-21-23-93(6,7)8)46(45)87-91(92,89-55(4,5)39-15-14-18-68(39)51(75)56(58,59)60)83-30-38-44(86-90(78)79)42(57)49(85-38)70-27-34-16-17-35-28-71(65-25-36(66-70)41(34)35)53(77)82-22-24-94(9,10)11/h25,27,31-32,37-39,42,44-46,49-50,72H,14-24,26,28-30,33H2,1-13H3,(H2-,61,64,73,76,78,79)/p+1/t37-,38-,39-,42-,44-,45-,46-,49-,50-,91-/m1/s1. The van der Waals surface area contributed by atoms with Crippen molar-refractivity contribution in [2.75, 3.05) is 59.4 Å². The van der Waals surface area contributed by atoms with Crippen molar-refractivity contribution in [1.82, 2.24) is 44.7 Å². The molecule has 1 aliphatic carbocycles. The summed E-state index contributed by atoms with van der Waals surface area (Å²) in [6, 6.07) is 0.193. The van der Waals surface area contributed by atoms with E-state index in [2.05, 4.69) is 70.1 Å². The van der Waals surface area contributed by atoms with Crippen LogP contribution in [0, 0.1) is 0 Å². The van der Waals surface area contributed by atoms with Gasteiger partial charge < -0.3 is 57.8 Å². The van der Waals surface area contributed by atoms with Crippen LogP contribution in [-0.2, 0) is 78.7 Å². The molecule has 4 N–H and O–H groups in total. The monoisotopic (exact) mass is 1460 g/mol. The molecule has 7 heterocycles. The van der Waals surface area contributed by atoms with Crippen LogP contribution in [-0.4, -0.2) is 225 Å². The van der Waals surface area contributed by atoms with Gasteiger partial charge in [0.25, 0.3) is 5.56 Å². The summed E-state index contributed by atoms with van der Waals surface area (Å²) in [7, 11) is -9.50. The third-order valence-corrected chi connectivity index (χ3v) is 28.0. The summed E-state index contributed by atoms with van der Waals surface area (Å²) >= 11 is 6.32. The Morgan fingerprint density at radius 3 is 2.23 bits per heavy atom. The minimum atomic E-state index is -5.28. The van der Waals surface area contributed by atoms with Gasteiger partial charge in [0, 0.05) is 39.0 Å². The fourth-order valence-corrected chi connectivity index (χ4v) is 17.1. The maximum Gasteiger partial charge on any atom is 0.695 e. The summed E-state index contributed by atoms with van der Waals surface area (Å²) < 4.78 is 137. The number of ether oxygens (including phenoxy) is 5. The van der Waals surface area contributed by atoms with Gasteiger partial charge in [-0.25, -0.2) is 29.0 Å². The second-order valence-corrected chi connectivity index (χ2v) is 47.9. The second kappa shape index (κ2) is 30.3. The van der Waals surface area contributed by atoms with E-state index < -0.39 is 154 Å². The number of aliphatic hydroxyl groups is 1. The molecule has 0 radical (unpaired) electrons. The molecule has 11 atom stereocenters. The fourth-order valence-electron chi connectivity index (χ4n) is 11.1. The molecule has 3 fully saturated rings. The molecule has 0 spiro atoms. The normalized spacial score (nSPS) is 25.1. The number of carbonyl (C=O) groups excluding carboxylic acids is 4. The zero-order chi connectivity index (χ0) is 70.0. The van der Waals surface area contributed by atoms with Gasteiger partial charge in [0.15, 0.2) is 44.2 Å². The molecule has 6 aliphatic rings. The molecule has 4 amide bonds. The molecule has 0 bridgehead atoms. The second-order valence-electron chi connectivity index (χ2n) is 28.3. The number of hydrogen-bond donors (Lipinski definition) is 4. The maximum atomic E-state index is 17.3. The molecule has 8 rings (SSSR count). The van der Waals surface area contributed by atoms with Crippen molar-refractivity contribution < 1.29 is 97.5 Å². The van der Waals surface area contributed by atoms with Crippen LogP contribution in [0.25, 0.3) is 11.2 Å². The third kappa shape index (κ3) is 18.9. The van der Waals surface area contributed by atoms with Crippen LogP contribution < -0.4 is 16.2 Å². The molecular weight excluding hydrogens is 1370 g/mol. The molecule has 29 nitrogen and oxygen atoms in total. The van der Waals surface area contributed by atoms with E-state index in [1.165, 1.54) is 51.9 Å². The highest BCUT2D eigenvalue weighted by molar-refractivity contribution is 8.07. The van der Waals surface area contributed by atoms with E-state index in [4.69, 9.17) is 58.0 Å². The van der Waals surface area contributed by atoms with E-state index in [0.29, 0.717) is 28.9 Å². The number of alkyl halides is 4. The van der Waals surface area contributed by atoms with E-state index in [-0.39, 0.29) is 82.4 Å². The van der Waals surface area contributed by atoms with Crippen molar-refractivity contribution in [2.24, 2.45) is 10.2 Å². The highest BCUT2D eigenvalue weighted by atomic mass is 32.5. The quantitative estimate of drug-likeness (QED) is 0.0210. The number of aliphatic hydroxyl groups excluding tert-OH is 1. The highest BCUT2D eigenvalue weighted by Gasteiger charge is 2.58. The average molecular weight is 1460 g/mol. The number of rotatable bonds is 28. The predicted octanol–water partition coefficient (Wildman–Crippen LogP) is 7.52. The van der Waals surface area contributed by atoms with Gasteiger partial charge >= 0.3 is 39.2 Å². The minimum absolute atomic E-state index is 0.000321. The number of aromatic nitrogens is 4. The lowest BCUT2D eigenvalue weighted by Gasteiger charge is -2.43. The third-order valence-electron chi connectivity index (χ3n) is 17.2. The Morgan fingerprint density at radius 1 is 0.895 bits per heavy atom. The van der Waals surface area contributed by atoms with Crippen molar-refractivity contribution >= 4 is 98.3 Å². The highest BCUT2D eigenvalue weighted by Crippen LogP contribution is 2.59. The number of carbonyl (C=O) groups is 4. The first kappa shape index (κ1) is 75.9. The average Bonchev–Trinajstić information content (AvgIpc) is 1.62. The number of allylic oxidation sites excluding steroid dienone is 2. The van der Waals surface area contributed by atoms with E-state index in [0.717, 1.165) is 17.7 Å². The molecule has 5 aliphatic heterocycles. The number of amides is 4. The molecule has 2 aromatic heterocycles. The van der Waals surface area contributed by atoms with Gasteiger partial charge in [-0.2, -0.15) is 28.4 Å². The molecular formula is C56H88F4N11O18P2SSi3+. The lowest BCUT2D eigenvalue weighted by molar-refractivity contribution is -0.189. The van der Waals surface area contributed by atoms with E-state index in [1.807, 2.05) is 33.9 Å². The van der Waals surface area contributed by atoms with E-state index >= 15 is 4.39 Å². The van der Waals surface area contributed by atoms with E-state index in [1.54, 1.807) is 6.20 Å². The van der Waals surface area contributed by atoms with Crippen LogP contribution in [0.2, 0.25) is 69.5 Å². The zero-order valence-electron chi connectivity index (χ0n) is 55.6.